The molecule has 1 fully saturated rings. The second-order valence-corrected chi connectivity index (χ2v) is 6.91. The minimum atomic E-state index is -1.21. The van der Waals surface area contributed by atoms with E-state index in [9.17, 15) is 24.6 Å². The fraction of sp³-hybridized carbons (Fsp3) is 0.643. The van der Waals surface area contributed by atoms with Crippen molar-refractivity contribution in [2.24, 2.45) is 11.7 Å². The van der Waals surface area contributed by atoms with Crippen molar-refractivity contribution in [3.05, 3.63) is 10.6 Å². The number of nitrogens with zero attached hydrogens (tertiary/aromatic N) is 1. The molecule has 5 N–H and O–H groups in total. The highest BCUT2D eigenvalue weighted by Crippen LogP contribution is 2.51. The number of thioether (sulfide) groups is 1. The summed E-state index contributed by atoms with van der Waals surface area (Å²) in [4.78, 5) is 35.6. The van der Waals surface area contributed by atoms with Crippen LogP contribution in [0.25, 0.3) is 0 Å². The summed E-state index contributed by atoms with van der Waals surface area (Å²) >= 11 is 1.21. The smallest absolute Gasteiger partial charge is 0.353 e. The third-order valence-electron chi connectivity index (χ3n) is 4.02. The van der Waals surface area contributed by atoms with Crippen molar-refractivity contribution in [3.63, 3.8) is 0 Å². The summed E-state index contributed by atoms with van der Waals surface area (Å²) in [5.41, 5.74) is 5.95. The average molecular weight is 344 g/mol. The van der Waals surface area contributed by atoms with Crippen LogP contribution >= 0.6 is 11.8 Å². The molecule has 8 nitrogen and oxygen atoms in total. The van der Waals surface area contributed by atoms with Gasteiger partial charge in [-0.25, -0.2) is 4.79 Å². The Balaban J connectivity index is 2.06. The van der Waals surface area contributed by atoms with Gasteiger partial charge >= 0.3 is 11.9 Å². The lowest BCUT2D eigenvalue weighted by Crippen LogP contribution is -2.60. The van der Waals surface area contributed by atoms with Gasteiger partial charge in [0.25, 0.3) is 0 Å². The summed E-state index contributed by atoms with van der Waals surface area (Å²) < 4.78 is 0. The Morgan fingerprint density at radius 2 is 2.00 bits per heavy atom. The number of aliphatic hydroxyl groups is 1. The van der Waals surface area contributed by atoms with Crippen molar-refractivity contribution >= 4 is 29.6 Å². The number of unbranched alkanes of at least 4 members (excludes halogenated alkanes) is 1. The molecule has 0 aromatic heterocycles. The minimum Gasteiger partial charge on any atom is -0.481 e. The van der Waals surface area contributed by atoms with Gasteiger partial charge in [-0.2, -0.15) is 0 Å². The molecule has 0 spiro atoms. The Labute approximate surface area is 137 Å². The maximum absolute atomic E-state index is 12.1. The van der Waals surface area contributed by atoms with E-state index in [4.69, 9.17) is 10.8 Å². The van der Waals surface area contributed by atoms with Crippen LogP contribution in [0.5, 0.6) is 0 Å². The van der Waals surface area contributed by atoms with E-state index in [-0.39, 0.29) is 12.1 Å². The molecule has 1 saturated heterocycles. The van der Waals surface area contributed by atoms with Gasteiger partial charge in [0, 0.05) is 17.4 Å². The molecule has 0 radical (unpaired) electrons. The van der Waals surface area contributed by atoms with Gasteiger partial charge in [0.1, 0.15) is 11.1 Å². The molecule has 0 aliphatic carbocycles. The van der Waals surface area contributed by atoms with E-state index in [0.717, 1.165) is 0 Å². The number of rotatable bonds is 8. The monoisotopic (exact) mass is 344 g/mol. The van der Waals surface area contributed by atoms with E-state index in [0.29, 0.717) is 24.2 Å². The summed E-state index contributed by atoms with van der Waals surface area (Å²) in [6.45, 7) is 1.50. The molecule has 0 aromatic rings. The van der Waals surface area contributed by atoms with Crippen molar-refractivity contribution in [2.75, 3.05) is 0 Å². The number of nitrogens with two attached hydrogens (primary N) is 1. The van der Waals surface area contributed by atoms with Crippen LogP contribution in [0.15, 0.2) is 10.6 Å². The fourth-order valence-corrected chi connectivity index (χ4v) is 4.50. The Morgan fingerprint density at radius 3 is 2.52 bits per heavy atom. The van der Waals surface area contributed by atoms with Crippen LogP contribution in [0, 0.1) is 5.92 Å². The number of carbonyl (C=O) groups excluding carboxylic acids is 1. The summed E-state index contributed by atoms with van der Waals surface area (Å²) in [5.74, 6) is -3.11. The third kappa shape index (κ3) is 3.36. The number of carboxylic acid groups (broad SMARTS) is 2. The van der Waals surface area contributed by atoms with Gasteiger partial charge in [-0.1, -0.05) is 18.2 Å². The number of amides is 1. The van der Waals surface area contributed by atoms with Crippen LogP contribution in [-0.4, -0.2) is 55.6 Å². The highest BCUT2D eigenvalue weighted by molar-refractivity contribution is 8.04. The lowest BCUT2D eigenvalue weighted by atomic mass is 9.92. The van der Waals surface area contributed by atoms with E-state index < -0.39 is 41.3 Å². The number of carboxylic acids is 2. The van der Waals surface area contributed by atoms with Gasteiger partial charge in [-0.3, -0.25) is 14.5 Å². The zero-order chi connectivity index (χ0) is 17.3. The van der Waals surface area contributed by atoms with Gasteiger partial charge in [-0.15, -0.1) is 0 Å². The first-order chi connectivity index (χ1) is 10.8. The molecule has 9 heteroatoms. The molecule has 2 aliphatic heterocycles. The Kier molecular flexibility index (Phi) is 5.33. The second-order valence-electron chi connectivity index (χ2n) is 5.75. The molecule has 1 amide bonds. The quantitative estimate of drug-likeness (QED) is 0.360. The molecule has 2 rings (SSSR count). The number of fused-ring (bicyclic) bond motifs is 1. The molecule has 2 aliphatic rings. The van der Waals surface area contributed by atoms with Gasteiger partial charge < -0.3 is 21.1 Å². The normalized spacial score (nSPS) is 25.9. The highest BCUT2D eigenvalue weighted by Gasteiger charge is 2.58. The van der Waals surface area contributed by atoms with Crippen LogP contribution in [0.4, 0.5) is 0 Å². The maximum Gasteiger partial charge on any atom is 0.353 e. The first-order valence-electron chi connectivity index (χ1n) is 7.38. The van der Waals surface area contributed by atoms with Crippen molar-refractivity contribution in [1.82, 2.24) is 4.90 Å². The van der Waals surface area contributed by atoms with Crippen molar-refractivity contribution in [1.29, 1.82) is 0 Å². The van der Waals surface area contributed by atoms with E-state index in [1.54, 1.807) is 0 Å². The number of β-lactam (4-membered cyclic amide) rings is 1. The zero-order valence-corrected chi connectivity index (χ0v) is 13.5. The van der Waals surface area contributed by atoms with Crippen LogP contribution in [-0.2, 0) is 14.4 Å². The number of carbonyl (C=O) groups is 3. The second kappa shape index (κ2) is 6.90. The van der Waals surface area contributed by atoms with E-state index >= 15 is 0 Å². The van der Waals surface area contributed by atoms with Gasteiger partial charge in [-0.05, 0) is 19.8 Å². The topological polar surface area (TPSA) is 141 Å². The third-order valence-corrected chi connectivity index (χ3v) is 5.52. The summed E-state index contributed by atoms with van der Waals surface area (Å²) in [6, 6.07) is -0.562. The molecular weight excluding hydrogens is 324 g/mol. The molecule has 128 valence electrons. The average Bonchev–Trinajstić information content (AvgIpc) is 2.78. The summed E-state index contributed by atoms with van der Waals surface area (Å²) in [6.07, 6.45) is 0.661. The molecule has 1 unspecified atom stereocenters. The number of aliphatic carboxylic acids is 2. The predicted octanol–water partition coefficient (Wildman–Crippen LogP) is 0.167. The first-order valence-corrected chi connectivity index (χ1v) is 8.26. The van der Waals surface area contributed by atoms with Crippen LogP contribution in [0.3, 0.4) is 0 Å². The molecular formula is C14H20N2O6S. The predicted molar refractivity (Wildman–Crippen MR) is 82.1 cm³/mol. The number of hydrogen-bond donors (Lipinski definition) is 4. The highest BCUT2D eigenvalue weighted by atomic mass is 32.2. The Morgan fingerprint density at radius 1 is 1.35 bits per heavy atom. The van der Waals surface area contributed by atoms with E-state index in [1.165, 1.54) is 23.6 Å². The first kappa shape index (κ1) is 17.8. The molecule has 0 aromatic carbocycles. The molecule has 23 heavy (non-hydrogen) atoms. The van der Waals surface area contributed by atoms with Gasteiger partial charge in [0.2, 0.25) is 5.91 Å². The van der Waals surface area contributed by atoms with Crippen LogP contribution in [0.1, 0.15) is 32.6 Å². The summed E-state index contributed by atoms with van der Waals surface area (Å²) in [5, 5.41) is 27.2. The zero-order valence-electron chi connectivity index (χ0n) is 12.6. The Bertz CT molecular complexity index is 561. The van der Waals surface area contributed by atoms with E-state index in [2.05, 4.69) is 0 Å². The van der Waals surface area contributed by atoms with Crippen molar-refractivity contribution in [3.8, 4) is 0 Å². The number of hydrogen-bond acceptors (Lipinski definition) is 6. The van der Waals surface area contributed by atoms with E-state index in [1.807, 2.05) is 0 Å². The summed E-state index contributed by atoms with van der Waals surface area (Å²) in [7, 11) is 0. The standard InChI is InChI=1S/C14H20N2O6S/c1-6(17)9-12(20)16-10(14(21)22)11(23-13(9)16)7(15)4-2-3-5-8(18)19/h6-7,9,13,17H,2-5,15H2,1H3,(H,18,19)(H,21,22)/t6?,7-,9+,13-/m1/s1. The maximum atomic E-state index is 12.1. The lowest BCUT2D eigenvalue weighted by molar-refractivity contribution is -0.156. The van der Waals surface area contributed by atoms with Crippen molar-refractivity contribution in [2.45, 2.75) is 50.1 Å². The molecule has 0 saturated carbocycles. The van der Waals surface area contributed by atoms with Crippen LogP contribution in [0.2, 0.25) is 0 Å². The molecule has 2 heterocycles. The van der Waals surface area contributed by atoms with Gasteiger partial charge in [0.15, 0.2) is 0 Å². The van der Waals surface area contributed by atoms with Crippen LogP contribution < -0.4 is 5.73 Å². The molecule has 0 bridgehead atoms. The van der Waals surface area contributed by atoms with Gasteiger partial charge in [0.05, 0.1) is 12.0 Å². The SMILES string of the molecule is CC(O)[C@H]1C(=O)N2C(C(=O)O)=C([C@H](N)CCCCC(=O)O)S[C@H]12. The molecule has 4 atom stereocenters. The Hall–Kier alpha value is -1.58. The lowest BCUT2D eigenvalue weighted by Gasteiger charge is -2.43. The largest absolute Gasteiger partial charge is 0.481 e. The number of aliphatic hydroxyl groups excluding tert-OH is 1. The van der Waals surface area contributed by atoms with Crippen molar-refractivity contribution < 1.29 is 29.7 Å². The minimum absolute atomic E-state index is 0.0437. The fourth-order valence-electron chi connectivity index (χ4n) is 2.84.